The van der Waals surface area contributed by atoms with Crippen LogP contribution < -0.4 is 10.6 Å². The summed E-state index contributed by atoms with van der Waals surface area (Å²) in [6.07, 6.45) is 4.67. The van der Waals surface area contributed by atoms with Gasteiger partial charge in [-0.2, -0.15) is 5.10 Å². The zero-order valence-corrected chi connectivity index (χ0v) is 12.1. The number of nitrogens with zero attached hydrogens (tertiary/aromatic N) is 2. The minimum absolute atomic E-state index is 0.201. The fourth-order valence-corrected chi connectivity index (χ4v) is 1.82. The molecule has 1 aromatic rings. The van der Waals surface area contributed by atoms with Crippen molar-refractivity contribution < 1.29 is 14.7 Å². The molecule has 0 fully saturated rings. The molecule has 0 aliphatic heterocycles. The molecule has 0 aromatic carbocycles. The number of amides is 2. The lowest BCUT2D eigenvalue weighted by molar-refractivity contribution is -0.139. The normalized spacial score (nSPS) is 12.2. The van der Waals surface area contributed by atoms with Crippen molar-refractivity contribution in [2.24, 2.45) is 13.0 Å². The largest absolute Gasteiger partial charge is 0.480 e. The van der Waals surface area contributed by atoms with Gasteiger partial charge in [0.05, 0.1) is 6.20 Å². The smallest absolute Gasteiger partial charge is 0.326 e. The van der Waals surface area contributed by atoms with Crippen LogP contribution in [0.4, 0.5) is 4.79 Å². The van der Waals surface area contributed by atoms with Gasteiger partial charge >= 0.3 is 12.0 Å². The zero-order chi connectivity index (χ0) is 15.1. The molecule has 0 spiro atoms. The summed E-state index contributed by atoms with van der Waals surface area (Å²) in [6, 6.07) is -1.31. The molecule has 0 bridgehead atoms. The van der Waals surface area contributed by atoms with Crippen molar-refractivity contribution in [3.63, 3.8) is 0 Å². The molecule has 7 heteroatoms. The fraction of sp³-hybridized carbons (Fsp3) is 0.615. The Labute approximate surface area is 118 Å². The van der Waals surface area contributed by atoms with Crippen molar-refractivity contribution in [2.75, 3.05) is 6.54 Å². The average Bonchev–Trinajstić information content (AvgIpc) is 2.73. The van der Waals surface area contributed by atoms with Crippen molar-refractivity contribution in [1.29, 1.82) is 0 Å². The number of hydrogen-bond donors (Lipinski definition) is 3. The predicted octanol–water partition coefficient (Wildman–Crippen LogP) is 0.761. The maximum absolute atomic E-state index is 11.6. The molecule has 112 valence electrons. The van der Waals surface area contributed by atoms with Crippen molar-refractivity contribution in [3.8, 4) is 0 Å². The van der Waals surface area contributed by atoms with Gasteiger partial charge in [0.2, 0.25) is 0 Å². The van der Waals surface area contributed by atoms with E-state index >= 15 is 0 Å². The molecule has 0 aliphatic rings. The molecule has 20 heavy (non-hydrogen) atoms. The molecule has 1 atom stereocenters. The topological polar surface area (TPSA) is 96.3 Å². The van der Waals surface area contributed by atoms with E-state index in [-0.39, 0.29) is 5.92 Å². The van der Waals surface area contributed by atoms with Gasteiger partial charge in [0, 0.05) is 19.8 Å². The molecule has 3 N–H and O–H groups in total. The fourth-order valence-electron chi connectivity index (χ4n) is 1.82. The molecule has 1 heterocycles. The van der Waals surface area contributed by atoms with E-state index in [1.807, 2.05) is 27.1 Å². The summed E-state index contributed by atoms with van der Waals surface area (Å²) < 4.78 is 1.69. The Bertz CT molecular complexity index is 456. The van der Waals surface area contributed by atoms with Crippen LogP contribution in [0.25, 0.3) is 0 Å². The molecule has 0 radical (unpaired) electrons. The predicted molar refractivity (Wildman–Crippen MR) is 74.3 cm³/mol. The van der Waals surface area contributed by atoms with E-state index in [0.29, 0.717) is 19.4 Å². The molecule has 1 rings (SSSR count). The number of aryl methyl sites for hydroxylation is 1. The van der Waals surface area contributed by atoms with Crippen molar-refractivity contribution in [2.45, 2.75) is 32.7 Å². The molecular formula is C13H22N4O3. The van der Waals surface area contributed by atoms with Gasteiger partial charge in [-0.3, -0.25) is 4.68 Å². The number of aliphatic carboxylic acids is 1. The number of carboxylic acid groups (broad SMARTS) is 1. The lowest BCUT2D eigenvalue weighted by Crippen LogP contribution is -2.47. The average molecular weight is 282 g/mol. The van der Waals surface area contributed by atoms with Crippen molar-refractivity contribution >= 4 is 12.0 Å². The van der Waals surface area contributed by atoms with Gasteiger partial charge in [-0.25, -0.2) is 9.59 Å². The van der Waals surface area contributed by atoms with Gasteiger partial charge in [0.1, 0.15) is 6.04 Å². The van der Waals surface area contributed by atoms with Crippen LogP contribution in [0, 0.1) is 5.92 Å². The minimum atomic E-state index is -1.01. The maximum Gasteiger partial charge on any atom is 0.326 e. The molecule has 7 nitrogen and oxygen atoms in total. The molecule has 0 aliphatic carbocycles. The third kappa shape index (κ3) is 5.73. The molecule has 2 amide bonds. The van der Waals surface area contributed by atoms with Crippen molar-refractivity contribution in [1.82, 2.24) is 20.4 Å². The first-order valence-electron chi connectivity index (χ1n) is 6.63. The van der Waals surface area contributed by atoms with E-state index in [4.69, 9.17) is 5.11 Å². The summed E-state index contributed by atoms with van der Waals surface area (Å²) in [5.74, 6) is -0.812. The van der Waals surface area contributed by atoms with Crippen LogP contribution in [0.2, 0.25) is 0 Å². The van der Waals surface area contributed by atoms with Gasteiger partial charge < -0.3 is 15.7 Å². The Morgan fingerprint density at radius 3 is 2.65 bits per heavy atom. The van der Waals surface area contributed by atoms with Crippen LogP contribution in [0.3, 0.4) is 0 Å². The second-order valence-corrected chi connectivity index (χ2v) is 5.19. The maximum atomic E-state index is 11.6. The Morgan fingerprint density at radius 1 is 1.45 bits per heavy atom. The Kier molecular flexibility index (Phi) is 6.02. The third-order valence-electron chi connectivity index (χ3n) is 2.77. The number of urea groups is 1. The van der Waals surface area contributed by atoms with E-state index in [0.717, 1.165) is 5.56 Å². The van der Waals surface area contributed by atoms with Crippen LogP contribution in [0.5, 0.6) is 0 Å². The van der Waals surface area contributed by atoms with E-state index in [2.05, 4.69) is 15.7 Å². The monoisotopic (exact) mass is 282 g/mol. The number of hydrogen-bond acceptors (Lipinski definition) is 3. The number of nitrogens with one attached hydrogen (secondary N) is 2. The van der Waals surface area contributed by atoms with Crippen LogP contribution in [0.15, 0.2) is 12.4 Å². The highest BCUT2D eigenvalue weighted by atomic mass is 16.4. The summed E-state index contributed by atoms with van der Waals surface area (Å²) in [5, 5.41) is 18.2. The first-order valence-corrected chi connectivity index (χ1v) is 6.63. The Morgan fingerprint density at radius 2 is 2.15 bits per heavy atom. The SMILES string of the molecule is CC(C)CC(NC(=O)NCCc1cnn(C)c1)C(=O)O. The summed E-state index contributed by atoms with van der Waals surface area (Å²) in [5.41, 5.74) is 1.02. The Balaban J connectivity index is 2.32. The number of carbonyl (C=O) groups is 2. The zero-order valence-electron chi connectivity index (χ0n) is 12.1. The number of rotatable bonds is 7. The number of aromatic nitrogens is 2. The van der Waals surface area contributed by atoms with Crippen LogP contribution in [-0.4, -0.2) is 39.5 Å². The molecule has 0 saturated carbocycles. The lowest BCUT2D eigenvalue weighted by atomic mass is 10.0. The molecule has 1 unspecified atom stereocenters. The molecule has 0 saturated heterocycles. The van der Waals surface area contributed by atoms with Gasteiger partial charge in [-0.15, -0.1) is 0 Å². The standard InChI is InChI=1S/C13H22N4O3/c1-9(2)6-11(12(18)19)16-13(20)14-5-4-10-7-15-17(3)8-10/h7-9,11H,4-6H2,1-3H3,(H,18,19)(H2,14,16,20). The van der Waals surface area contributed by atoms with Gasteiger partial charge in [0.25, 0.3) is 0 Å². The number of carboxylic acids is 1. The van der Waals surface area contributed by atoms with E-state index < -0.39 is 18.0 Å². The van der Waals surface area contributed by atoms with Crippen LogP contribution >= 0.6 is 0 Å². The summed E-state index contributed by atoms with van der Waals surface area (Å²) >= 11 is 0. The van der Waals surface area contributed by atoms with Gasteiger partial charge in [-0.1, -0.05) is 13.8 Å². The highest BCUT2D eigenvalue weighted by Gasteiger charge is 2.20. The quantitative estimate of drug-likeness (QED) is 0.688. The first kappa shape index (κ1) is 16.0. The Hall–Kier alpha value is -2.05. The molecule has 1 aromatic heterocycles. The van der Waals surface area contributed by atoms with E-state index in [1.54, 1.807) is 10.9 Å². The van der Waals surface area contributed by atoms with Gasteiger partial charge in [0.15, 0.2) is 0 Å². The highest BCUT2D eigenvalue weighted by molar-refractivity contribution is 5.82. The second kappa shape index (κ2) is 7.52. The summed E-state index contributed by atoms with van der Waals surface area (Å²) in [4.78, 5) is 22.6. The van der Waals surface area contributed by atoms with Crippen molar-refractivity contribution in [3.05, 3.63) is 18.0 Å². The summed E-state index contributed by atoms with van der Waals surface area (Å²) in [6.45, 7) is 4.27. The summed E-state index contributed by atoms with van der Waals surface area (Å²) in [7, 11) is 1.83. The minimum Gasteiger partial charge on any atom is -0.480 e. The van der Waals surface area contributed by atoms with Crippen LogP contribution in [-0.2, 0) is 18.3 Å². The lowest BCUT2D eigenvalue weighted by Gasteiger charge is -2.16. The molecular weight excluding hydrogens is 260 g/mol. The first-order chi connectivity index (χ1) is 9.38. The highest BCUT2D eigenvalue weighted by Crippen LogP contribution is 2.04. The van der Waals surface area contributed by atoms with E-state index in [1.165, 1.54) is 0 Å². The number of carbonyl (C=O) groups excluding carboxylic acids is 1. The second-order valence-electron chi connectivity index (χ2n) is 5.19. The van der Waals surface area contributed by atoms with Gasteiger partial charge in [-0.05, 0) is 24.3 Å². The van der Waals surface area contributed by atoms with E-state index in [9.17, 15) is 9.59 Å². The van der Waals surface area contributed by atoms with Crippen LogP contribution in [0.1, 0.15) is 25.8 Å². The third-order valence-corrected chi connectivity index (χ3v) is 2.77.